The van der Waals surface area contributed by atoms with E-state index in [1.807, 2.05) is 0 Å². The first kappa shape index (κ1) is 11.4. The van der Waals surface area contributed by atoms with Gasteiger partial charge in [0.05, 0.1) is 6.10 Å². The molecule has 15 heavy (non-hydrogen) atoms. The van der Waals surface area contributed by atoms with Gasteiger partial charge in [-0.3, -0.25) is 0 Å². The van der Waals surface area contributed by atoms with Gasteiger partial charge in [0.15, 0.2) is 0 Å². The zero-order valence-corrected chi connectivity index (χ0v) is 10.3. The van der Waals surface area contributed by atoms with Crippen LogP contribution in [0.1, 0.15) is 65.2 Å². The Hall–Kier alpha value is -0.0400. The highest BCUT2D eigenvalue weighted by Gasteiger charge is 2.32. The van der Waals surface area contributed by atoms with Gasteiger partial charge in [0.25, 0.3) is 0 Å². The Kier molecular flexibility index (Phi) is 3.39. The van der Waals surface area contributed by atoms with Gasteiger partial charge in [0, 0.05) is 0 Å². The molecule has 2 rings (SSSR count). The van der Waals surface area contributed by atoms with Gasteiger partial charge in [-0.2, -0.15) is 0 Å². The molecule has 1 heteroatoms. The van der Waals surface area contributed by atoms with Crippen molar-refractivity contribution in [1.29, 1.82) is 0 Å². The first-order chi connectivity index (χ1) is 7.07. The molecule has 2 aliphatic carbocycles. The third-order valence-corrected chi connectivity index (χ3v) is 4.73. The summed E-state index contributed by atoms with van der Waals surface area (Å²) >= 11 is 0. The van der Waals surface area contributed by atoms with Crippen LogP contribution >= 0.6 is 0 Å². The predicted octanol–water partition coefficient (Wildman–Crippen LogP) is 3.75. The minimum Gasteiger partial charge on any atom is -0.393 e. The van der Waals surface area contributed by atoms with Gasteiger partial charge in [0.1, 0.15) is 0 Å². The standard InChI is InChI=1S/C14H26O/c1-14(2)8-6-12(7-9-14)13(15)10-11-4-3-5-11/h11-13,15H,3-10H2,1-2H3. The number of hydrogen-bond donors (Lipinski definition) is 1. The molecule has 0 aromatic rings. The number of hydrogen-bond acceptors (Lipinski definition) is 1. The molecule has 2 aliphatic rings. The molecule has 88 valence electrons. The highest BCUT2D eigenvalue weighted by molar-refractivity contribution is 4.84. The van der Waals surface area contributed by atoms with Gasteiger partial charge in [0.2, 0.25) is 0 Å². The summed E-state index contributed by atoms with van der Waals surface area (Å²) in [7, 11) is 0. The van der Waals surface area contributed by atoms with Crippen molar-refractivity contribution >= 4 is 0 Å². The second-order valence-electron chi connectivity index (χ2n) is 6.60. The topological polar surface area (TPSA) is 20.2 Å². The molecular weight excluding hydrogens is 184 g/mol. The smallest absolute Gasteiger partial charge is 0.0571 e. The summed E-state index contributed by atoms with van der Waals surface area (Å²) in [5, 5.41) is 10.2. The van der Waals surface area contributed by atoms with Crippen molar-refractivity contribution in [2.45, 2.75) is 71.3 Å². The van der Waals surface area contributed by atoms with Crippen LogP contribution in [-0.2, 0) is 0 Å². The van der Waals surface area contributed by atoms with E-state index in [0.29, 0.717) is 11.3 Å². The Balaban J connectivity index is 1.74. The number of rotatable bonds is 3. The maximum absolute atomic E-state index is 10.2. The van der Waals surface area contributed by atoms with Crippen LogP contribution in [0, 0.1) is 17.3 Å². The molecule has 1 atom stereocenters. The van der Waals surface area contributed by atoms with Gasteiger partial charge in [-0.15, -0.1) is 0 Å². The maximum atomic E-state index is 10.2. The largest absolute Gasteiger partial charge is 0.393 e. The molecule has 1 N–H and O–H groups in total. The van der Waals surface area contributed by atoms with Crippen molar-refractivity contribution < 1.29 is 5.11 Å². The molecule has 1 nitrogen and oxygen atoms in total. The Labute approximate surface area is 94.3 Å². The lowest BCUT2D eigenvalue weighted by atomic mass is 9.69. The van der Waals surface area contributed by atoms with E-state index in [1.165, 1.54) is 44.9 Å². The van der Waals surface area contributed by atoms with Gasteiger partial charge >= 0.3 is 0 Å². The monoisotopic (exact) mass is 210 g/mol. The second kappa shape index (κ2) is 4.45. The molecule has 0 aromatic carbocycles. The maximum Gasteiger partial charge on any atom is 0.0571 e. The quantitative estimate of drug-likeness (QED) is 0.752. The van der Waals surface area contributed by atoms with Crippen LogP contribution in [0.15, 0.2) is 0 Å². The van der Waals surface area contributed by atoms with Crippen LogP contribution in [0.4, 0.5) is 0 Å². The fourth-order valence-corrected chi connectivity index (χ4v) is 3.07. The van der Waals surface area contributed by atoms with Crippen molar-refractivity contribution in [3.8, 4) is 0 Å². The lowest BCUT2D eigenvalue weighted by molar-refractivity contribution is 0.0300. The Morgan fingerprint density at radius 3 is 2.20 bits per heavy atom. The summed E-state index contributed by atoms with van der Waals surface area (Å²) in [6, 6.07) is 0. The van der Waals surface area contributed by atoms with Gasteiger partial charge in [-0.05, 0) is 49.4 Å². The lowest BCUT2D eigenvalue weighted by Gasteiger charge is -2.38. The molecule has 0 heterocycles. The van der Waals surface area contributed by atoms with Crippen molar-refractivity contribution in [1.82, 2.24) is 0 Å². The van der Waals surface area contributed by atoms with E-state index in [1.54, 1.807) is 0 Å². The molecule has 2 saturated carbocycles. The van der Waals surface area contributed by atoms with E-state index in [9.17, 15) is 5.11 Å². The molecule has 0 radical (unpaired) electrons. The molecule has 1 unspecified atom stereocenters. The van der Waals surface area contributed by atoms with Gasteiger partial charge in [-0.1, -0.05) is 33.1 Å². The fraction of sp³-hybridized carbons (Fsp3) is 1.00. The Morgan fingerprint density at radius 2 is 1.73 bits per heavy atom. The minimum atomic E-state index is 0.00593. The van der Waals surface area contributed by atoms with Gasteiger partial charge < -0.3 is 5.11 Å². The van der Waals surface area contributed by atoms with Gasteiger partial charge in [-0.25, -0.2) is 0 Å². The third-order valence-electron chi connectivity index (χ3n) is 4.73. The Morgan fingerprint density at radius 1 is 1.13 bits per heavy atom. The van der Waals surface area contributed by atoms with E-state index < -0.39 is 0 Å². The SMILES string of the molecule is CC1(C)CCC(C(O)CC2CCC2)CC1. The van der Waals surface area contributed by atoms with Crippen LogP contribution in [0.2, 0.25) is 0 Å². The van der Waals surface area contributed by atoms with Crippen LogP contribution in [0.3, 0.4) is 0 Å². The normalized spacial score (nSPS) is 29.8. The van der Waals surface area contributed by atoms with Crippen molar-refractivity contribution in [3.63, 3.8) is 0 Å². The van der Waals surface area contributed by atoms with Crippen LogP contribution in [0.5, 0.6) is 0 Å². The molecule has 2 fully saturated rings. The van der Waals surface area contributed by atoms with Crippen molar-refractivity contribution in [2.75, 3.05) is 0 Å². The zero-order chi connectivity index (χ0) is 10.9. The van der Waals surface area contributed by atoms with Crippen molar-refractivity contribution in [3.05, 3.63) is 0 Å². The third kappa shape index (κ3) is 2.96. The second-order valence-corrected chi connectivity index (χ2v) is 6.60. The first-order valence-corrected chi connectivity index (χ1v) is 6.75. The molecular formula is C14H26O. The summed E-state index contributed by atoms with van der Waals surface area (Å²) < 4.78 is 0. The Bertz CT molecular complexity index is 195. The van der Waals surface area contributed by atoms with Crippen LogP contribution in [-0.4, -0.2) is 11.2 Å². The molecule has 0 spiro atoms. The molecule has 0 saturated heterocycles. The summed E-state index contributed by atoms with van der Waals surface area (Å²) in [6.07, 6.45) is 10.3. The van der Waals surface area contributed by atoms with E-state index in [0.717, 1.165) is 12.3 Å². The summed E-state index contributed by atoms with van der Waals surface area (Å²) in [5.41, 5.74) is 0.534. The summed E-state index contributed by atoms with van der Waals surface area (Å²) in [6.45, 7) is 4.73. The minimum absolute atomic E-state index is 0.00593. The number of aliphatic hydroxyl groups excluding tert-OH is 1. The first-order valence-electron chi connectivity index (χ1n) is 6.75. The zero-order valence-electron chi connectivity index (χ0n) is 10.3. The average Bonchev–Trinajstić information content (AvgIpc) is 2.11. The molecule has 0 aromatic heterocycles. The van der Waals surface area contributed by atoms with Crippen LogP contribution in [0.25, 0.3) is 0 Å². The molecule has 0 bridgehead atoms. The molecule has 0 aliphatic heterocycles. The van der Waals surface area contributed by atoms with Crippen LogP contribution < -0.4 is 0 Å². The summed E-state index contributed by atoms with van der Waals surface area (Å²) in [4.78, 5) is 0. The van der Waals surface area contributed by atoms with E-state index in [4.69, 9.17) is 0 Å². The highest BCUT2D eigenvalue weighted by Crippen LogP contribution is 2.41. The summed E-state index contributed by atoms with van der Waals surface area (Å²) in [5.74, 6) is 1.47. The predicted molar refractivity (Wildman–Crippen MR) is 63.7 cm³/mol. The van der Waals surface area contributed by atoms with E-state index in [2.05, 4.69) is 13.8 Å². The van der Waals surface area contributed by atoms with E-state index in [-0.39, 0.29) is 6.10 Å². The molecule has 0 amide bonds. The number of aliphatic hydroxyl groups is 1. The van der Waals surface area contributed by atoms with E-state index >= 15 is 0 Å². The highest BCUT2D eigenvalue weighted by atomic mass is 16.3. The fourth-order valence-electron chi connectivity index (χ4n) is 3.07. The van der Waals surface area contributed by atoms with Crippen molar-refractivity contribution in [2.24, 2.45) is 17.3 Å². The average molecular weight is 210 g/mol. The lowest BCUT2D eigenvalue weighted by Crippen LogP contribution is -2.31.